The molecule has 0 heterocycles. The molecule has 0 spiro atoms. The summed E-state index contributed by atoms with van der Waals surface area (Å²) in [5.74, 6) is -3.65. The molecule has 0 aliphatic heterocycles. The summed E-state index contributed by atoms with van der Waals surface area (Å²) in [5, 5.41) is 14.8. The summed E-state index contributed by atoms with van der Waals surface area (Å²) in [6.45, 7) is -4.17. The van der Waals surface area contributed by atoms with Gasteiger partial charge in [-0.2, -0.15) is 0 Å². The molecule has 0 saturated heterocycles. The van der Waals surface area contributed by atoms with Crippen molar-refractivity contribution in [3.05, 3.63) is 0 Å². The van der Waals surface area contributed by atoms with Crippen LogP contribution in [0.5, 0.6) is 0 Å². The monoisotopic (exact) mass is 206 g/mol. The van der Waals surface area contributed by atoms with E-state index in [1.54, 1.807) is 0 Å². The Bertz CT molecular complexity index is 172. The van der Waals surface area contributed by atoms with Crippen molar-refractivity contribution in [1.29, 1.82) is 0 Å². The minimum atomic E-state index is -4.17. The molecule has 0 radical (unpaired) electrons. The summed E-state index contributed by atoms with van der Waals surface area (Å²) in [7, 11) is 0. The molecule has 0 aromatic carbocycles. The van der Waals surface area contributed by atoms with E-state index in [2.05, 4.69) is 11.2 Å². The lowest BCUT2D eigenvalue weighted by molar-refractivity contribution is -0.159. The highest BCUT2D eigenvalue weighted by atomic mass is 35.7. The molecular formula is C2H4ClO7P. The van der Waals surface area contributed by atoms with Crippen LogP contribution in [0, 0.1) is 0 Å². The minimum absolute atomic E-state index is 1.82. The Morgan fingerprint density at radius 2 is 1.18 bits per heavy atom. The molecule has 0 saturated carbocycles. The van der Waals surface area contributed by atoms with Crippen molar-refractivity contribution in [2.24, 2.45) is 0 Å². The molecule has 0 fully saturated rings. The van der Waals surface area contributed by atoms with E-state index in [-0.39, 0.29) is 0 Å². The van der Waals surface area contributed by atoms with E-state index < -0.39 is 18.9 Å². The van der Waals surface area contributed by atoms with Crippen molar-refractivity contribution < 1.29 is 34.2 Å². The average Bonchev–Trinajstić information content (AvgIpc) is 1.59. The fourth-order valence-corrected chi connectivity index (χ4v) is 0. The number of carbonyl (C=O) groups is 2. The summed E-state index contributed by atoms with van der Waals surface area (Å²) in [6.07, 6.45) is 0. The van der Waals surface area contributed by atoms with Crippen LogP contribution in [0.15, 0.2) is 0 Å². The van der Waals surface area contributed by atoms with Crippen molar-refractivity contribution in [2.75, 3.05) is 0 Å². The van der Waals surface area contributed by atoms with Crippen LogP contribution in [-0.2, 0) is 14.2 Å². The molecule has 0 bridgehead atoms. The molecule has 0 rings (SSSR count). The van der Waals surface area contributed by atoms with Crippen LogP contribution in [-0.4, -0.2) is 31.9 Å². The molecule has 0 aliphatic carbocycles. The molecular weight excluding hydrogens is 202 g/mol. The van der Waals surface area contributed by atoms with Gasteiger partial charge in [0.05, 0.1) is 0 Å². The van der Waals surface area contributed by atoms with Gasteiger partial charge in [-0.25, -0.2) is 14.2 Å². The fourth-order valence-electron chi connectivity index (χ4n) is 0. The Morgan fingerprint density at radius 3 is 1.18 bits per heavy atom. The second kappa shape index (κ2) is 5.09. The molecule has 9 heteroatoms. The van der Waals surface area contributed by atoms with Crippen LogP contribution < -0.4 is 0 Å². The second-order valence-electron chi connectivity index (χ2n) is 1.08. The number of halogens is 1. The molecule has 66 valence electrons. The van der Waals surface area contributed by atoms with Gasteiger partial charge in [-0.15, -0.1) is 0 Å². The van der Waals surface area contributed by atoms with Crippen molar-refractivity contribution >= 4 is 30.1 Å². The maximum Gasteiger partial charge on any atom is 0.419 e. The molecule has 11 heavy (non-hydrogen) atoms. The Kier molecular flexibility index (Phi) is 6.01. The third kappa shape index (κ3) is 44.7. The van der Waals surface area contributed by atoms with Gasteiger partial charge in [0.2, 0.25) is 0 Å². The number of aliphatic carboxylic acids is 2. The molecule has 0 amide bonds. The normalized spacial score (nSPS) is 9.36. The summed E-state index contributed by atoms with van der Waals surface area (Å²) in [4.78, 5) is 33.0. The molecule has 0 unspecified atom stereocenters. The molecule has 7 nitrogen and oxygen atoms in total. The predicted octanol–water partition coefficient (Wildman–Crippen LogP) is -0.526. The van der Waals surface area contributed by atoms with Crippen LogP contribution >= 0.6 is 18.2 Å². The lowest BCUT2D eigenvalue weighted by atomic mass is 10.7. The van der Waals surface area contributed by atoms with Crippen LogP contribution in [0.3, 0.4) is 0 Å². The highest BCUT2D eigenvalue weighted by molar-refractivity contribution is 7.79. The average molecular weight is 206 g/mol. The topological polar surface area (TPSA) is 132 Å². The Morgan fingerprint density at radius 1 is 1.09 bits per heavy atom. The van der Waals surface area contributed by atoms with Gasteiger partial charge in [-0.1, -0.05) is 0 Å². The van der Waals surface area contributed by atoms with E-state index in [4.69, 9.17) is 34.2 Å². The number of carboxylic acid groups (broad SMARTS) is 2. The third-order valence-electron chi connectivity index (χ3n) is 0.183. The maximum atomic E-state index is 9.10. The van der Waals surface area contributed by atoms with E-state index in [0.29, 0.717) is 0 Å². The van der Waals surface area contributed by atoms with Gasteiger partial charge in [0, 0.05) is 11.2 Å². The van der Waals surface area contributed by atoms with Gasteiger partial charge in [0.1, 0.15) is 0 Å². The van der Waals surface area contributed by atoms with Crippen molar-refractivity contribution in [1.82, 2.24) is 0 Å². The smallest absolute Gasteiger partial charge is 0.419 e. The maximum absolute atomic E-state index is 9.10. The third-order valence-corrected chi connectivity index (χ3v) is 0.183. The van der Waals surface area contributed by atoms with Gasteiger partial charge in [0.25, 0.3) is 0 Å². The first-order valence-corrected chi connectivity index (χ1v) is 4.37. The van der Waals surface area contributed by atoms with Crippen LogP contribution in [0.2, 0.25) is 0 Å². The number of carboxylic acids is 2. The number of hydrogen-bond donors (Lipinski definition) is 4. The van der Waals surface area contributed by atoms with Crippen LogP contribution in [0.25, 0.3) is 0 Å². The summed E-state index contributed by atoms with van der Waals surface area (Å²) in [5.41, 5.74) is 0. The number of rotatable bonds is 0. The highest BCUT2D eigenvalue weighted by Gasteiger charge is 2.04. The SMILES string of the molecule is O=C(O)C(=O)O.O=P(O)(O)Cl. The van der Waals surface area contributed by atoms with Crippen molar-refractivity contribution in [3.63, 3.8) is 0 Å². The number of hydrogen-bond acceptors (Lipinski definition) is 3. The highest BCUT2D eigenvalue weighted by Crippen LogP contribution is 2.39. The van der Waals surface area contributed by atoms with Gasteiger partial charge in [0.15, 0.2) is 0 Å². The first kappa shape index (κ1) is 13.0. The summed E-state index contributed by atoms with van der Waals surface area (Å²) in [6, 6.07) is 0. The minimum Gasteiger partial charge on any atom is -0.473 e. The van der Waals surface area contributed by atoms with Crippen molar-refractivity contribution in [3.8, 4) is 0 Å². The standard InChI is InChI=1S/C2H2O4.ClH2O3P/c3-1(4)2(5)6;1-5(2,3)4/h(H,3,4)(H,5,6);(H2,2,3,4). The van der Waals surface area contributed by atoms with Crippen LogP contribution in [0.4, 0.5) is 0 Å². The summed E-state index contributed by atoms with van der Waals surface area (Å²) < 4.78 is 9.09. The van der Waals surface area contributed by atoms with E-state index in [1.807, 2.05) is 0 Å². The Labute approximate surface area is 65.2 Å². The molecule has 0 aromatic rings. The van der Waals surface area contributed by atoms with Gasteiger partial charge < -0.3 is 20.0 Å². The van der Waals surface area contributed by atoms with Crippen molar-refractivity contribution in [2.45, 2.75) is 0 Å². The zero-order chi connectivity index (χ0) is 9.65. The Balaban J connectivity index is 0. The molecule has 0 aliphatic rings. The summed E-state index contributed by atoms with van der Waals surface area (Å²) >= 11 is 4.20. The van der Waals surface area contributed by atoms with Gasteiger partial charge >= 0.3 is 18.9 Å². The fraction of sp³-hybridized carbons (Fsp3) is 0. The second-order valence-corrected chi connectivity index (χ2v) is 3.35. The van der Waals surface area contributed by atoms with E-state index in [1.165, 1.54) is 0 Å². The molecule has 0 aromatic heterocycles. The lowest BCUT2D eigenvalue weighted by Crippen LogP contribution is -2.09. The Hall–Kier alpha value is -0.620. The van der Waals surface area contributed by atoms with Gasteiger partial charge in [-0.05, 0) is 0 Å². The van der Waals surface area contributed by atoms with E-state index in [0.717, 1.165) is 0 Å². The van der Waals surface area contributed by atoms with E-state index in [9.17, 15) is 0 Å². The molecule has 0 atom stereocenters. The predicted molar refractivity (Wildman–Crippen MR) is 33.2 cm³/mol. The van der Waals surface area contributed by atoms with Gasteiger partial charge in [-0.3, -0.25) is 0 Å². The first-order valence-electron chi connectivity index (χ1n) is 1.86. The lowest BCUT2D eigenvalue weighted by Gasteiger charge is -1.80. The molecule has 4 N–H and O–H groups in total. The first-order chi connectivity index (χ1) is 4.64. The zero-order valence-corrected chi connectivity index (χ0v) is 6.49. The zero-order valence-electron chi connectivity index (χ0n) is 4.84. The van der Waals surface area contributed by atoms with Crippen LogP contribution in [0.1, 0.15) is 0 Å². The quantitative estimate of drug-likeness (QED) is 0.309. The largest absolute Gasteiger partial charge is 0.473 e. The van der Waals surface area contributed by atoms with E-state index >= 15 is 0 Å².